The molecule has 0 unspecified atom stereocenters. The van der Waals surface area contributed by atoms with Crippen molar-refractivity contribution in [2.24, 2.45) is 0 Å². The summed E-state index contributed by atoms with van der Waals surface area (Å²) in [7, 11) is -4.47. The van der Waals surface area contributed by atoms with E-state index in [9.17, 15) is 21.6 Å². The maximum Gasteiger partial charge on any atom is 0.417 e. The van der Waals surface area contributed by atoms with Gasteiger partial charge in [-0.1, -0.05) is 12.1 Å². The number of rotatable bonds is 8. The Balaban J connectivity index is 1.72. The minimum atomic E-state index is -4.80. The van der Waals surface area contributed by atoms with Crippen LogP contribution in [0.4, 0.5) is 24.5 Å². The van der Waals surface area contributed by atoms with Crippen molar-refractivity contribution >= 4 is 21.4 Å². The van der Waals surface area contributed by atoms with Gasteiger partial charge in [-0.2, -0.15) is 13.2 Å². The first-order chi connectivity index (χ1) is 14.6. The third kappa shape index (κ3) is 6.11. The van der Waals surface area contributed by atoms with Crippen LogP contribution in [-0.4, -0.2) is 26.6 Å². The Bertz CT molecular complexity index is 1140. The molecule has 0 saturated carbocycles. The second kappa shape index (κ2) is 9.25. The number of alkyl halides is 3. The molecule has 0 bridgehead atoms. The lowest BCUT2D eigenvalue weighted by Gasteiger charge is -2.15. The van der Waals surface area contributed by atoms with Gasteiger partial charge in [0.15, 0.2) is 0 Å². The Morgan fingerprint density at radius 1 is 1.00 bits per heavy atom. The highest BCUT2D eigenvalue weighted by molar-refractivity contribution is 7.92. The van der Waals surface area contributed by atoms with Crippen molar-refractivity contribution in [3.8, 4) is 5.75 Å². The monoisotopic (exact) mass is 451 g/mol. The third-order valence-electron chi connectivity index (χ3n) is 4.17. The molecular weight excluding hydrogens is 431 g/mol. The lowest BCUT2D eigenvalue weighted by Crippen LogP contribution is -2.19. The molecule has 164 valence electrons. The Kier molecular flexibility index (Phi) is 6.69. The van der Waals surface area contributed by atoms with Crippen molar-refractivity contribution in [3.05, 3.63) is 78.1 Å². The molecule has 0 radical (unpaired) electrons. The quantitative estimate of drug-likeness (QED) is 0.486. The fraction of sp³-hybridized carbons (Fsp3) is 0.190. The van der Waals surface area contributed by atoms with Gasteiger partial charge in [-0.3, -0.25) is 9.71 Å². The number of ether oxygens (including phenoxy) is 1. The van der Waals surface area contributed by atoms with E-state index in [2.05, 4.69) is 15.0 Å². The summed E-state index contributed by atoms with van der Waals surface area (Å²) in [5.41, 5.74) is 0.434. The Labute approximate surface area is 178 Å². The molecule has 2 N–H and O–H groups in total. The summed E-state index contributed by atoms with van der Waals surface area (Å²) in [5, 5.41) is 3.14. The summed E-state index contributed by atoms with van der Waals surface area (Å²) >= 11 is 0. The lowest BCUT2D eigenvalue weighted by atomic mass is 10.2. The minimum Gasteiger partial charge on any atom is -0.492 e. The number of nitrogens with one attached hydrogen (secondary N) is 2. The van der Waals surface area contributed by atoms with Gasteiger partial charge >= 0.3 is 6.18 Å². The van der Waals surface area contributed by atoms with E-state index in [1.807, 2.05) is 0 Å². The molecule has 0 fully saturated rings. The third-order valence-corrected chi connectivity index (χ3v) is 5.60. The SMILES string of the molecule is Cc1cc(NS(=O)(=O)c2ccccc2C(F)(F)F)cc(OCCNc2ccncc2)c1. The van der Waals surface area contributed by atoms with Gasteiger partial charge in [0.05, 0.1) is 16.1 Å². The summed E-state index contributed by atoms with van der Waals surface area (Å²) in [5.74, 6) is 0.387. The van der Waals surface area contributed by atoms with Crippen LogP contribution >= 0.6 is 0 Å². The van der Waals surface area contributed by atoms with Gasteiger partial charge in [-0.15, -0.1) is 0 Å². The van der Waals surface area contributed by atoms with Crippen molar-refractivity contribution in [2.45, 2.75) is 18.0 Å². The van der Waals surface area contributed by atoms with Gasteiger partial charge < -0.3 is 10.1 Å². The molecule has 3 aromatic rings. The number of sulfonamides is 1. The van der Waals surface area contributed by atoms with Crippen LogP contribution in [0, 0.1) is 6.92 Å². The van der Waals surface area contributed by atoms with Crippen molar-refractivity contribution in [3.63, 3.8) is 0 Å². The Morgan fingerprint density at radius 3 is 2.42 bits per heavy atom. The van der Waals surface area contributed by atoms with E-state index in [1.54, 1.807) is 37.5 Å². The molecule has 3 rings (SSSR count). The van der Waals surface area contributed by atoms with E-state index in [1.165, 1.54) is 18.2 Å². The molecule has 0 aliphatic heterocycles. The maximum absolute atomic E-state index is 13.2. The van der Waals surface area contributed by atoms with Crippen LogP contribution in [0.1, 0.15) is 11.1 Å². The molecular formula is C21H20F3N3O3S. The highest BCUT2D eigenvalue weighted by Gasteiger charge is 2.36. The number of aromatic nitrogens is 1. The summed E-state index contributed by atoms with van der Waals surface area (Å²) in [6.07, 6.45) is -1.49. The van der Waals surface area contributed by atoms with E-state index in [4.69, 9.17) is 4.74 Å². The first-order valence-corrected chi connectivity index (χ1v) is 10.7. The summed E-state index contributed by atoms with van der Waals surface area (Å²) in [6.45, 7) is 2.50. The van der Waals surface area contributed by atoms with Gasteiger partial charge in [0.2, 0.25) is 0 Å². The van der Waals surface area contributed by atoms with Crippen molar-refractivity contribution in [2.75, 3.05) is 23.2 Å². The average Bonchev–Trinajstić information content (AvgIpc) is 2.71. The molecule has 0 amide bonds. The predicted molar refractivity (Wildman–Crippen MR) is 112 cm³/mol. The molecule has 2 aromatic carbocycles. The van der Waals surface area contributed by atoms with Crippen molar-refractivity contribution in [1.29, 1.82) is 0 Å². The van der Waals surface area contributed by atoms with Gasteiger partial charge in [0, 0.05) is 30.7 Å². The minimum absolute atomic E-state index is 0.106. The van der Waals surface area contributed by atoms with Crippen LogP contribution < -0.4 is 14.8 Å². The molecule has 6 nitrogen and oxygen atoms in total. The van der Waals surface area contributed by atoms with Crippen LogP contribution in [0.2, 0.25) is 0 Å². The number of hydrogen-bond donors (Lipinski definition) is 2. The lowest BCUT2D eigenvalue weighted by molar-refractivity contribution is -0.139. The molecule has 31 heavy (non-hydrogen) atoms. The zero-order valence-corrected chi connectivity index (χ0v) is 17.3. The van der Waals surface area contributed by atoms with E-state index >= 15 is 0 Å². The first kappa shape index (κ1) is 22.4. The van der Waals surface area contributed by atoms with Gasteiger partial charge in [-0.25, -0.2) is 8.42 Å². The number of pyridine rings is 1. The van der Waals surface area contributed by atoms with Crippen molar-refractivity contribution < 1.29 is 26.3 Å². The average molecular weight is 451 g/mol. The maximum atomic E-state index is 13.2. The number of hydrogen-bond acceptors (Lipinski definition) is 5. The Morgan fingerprint density at radius 2 is 1.71 bits per heavy atom. The molecule has 10 heteroatoms. The van der Waals surface area contributed by atoms with Crippen LogP contribution in [0.3, 0.4) is 0 Å². The second-order valence-corrected chi connectivity index (χ2v) is 8.30. The predicted octanol–water partition coefficient (Wildman–Crippen LogP) is 4.70. The fourth-order valence-corrected chi connectivity index (χ4v) is 4.14. The van der Waals surface area contributed by atoms with Crippen molar-refractivity contribution in [1.82, 2.24) is 4.98 Å². The van der Waals surface area contributed by atoms with Gasteiger partial charge in [0.25, 0.3) is 10.0 Å². The largest absolute Gasteiger partial charge is 0.492 e. The zero-order chi connectivity index (χ0) is 22.5. The number of halogens is 3. The molecule has 0 aliphatic carbocycles. The number of nitrogens with zero attached hydrogens (tertiary/aromatic N) is 1. The standard InChI is InChI=1S/C21H20F3N3O3S/c1-15-12-17(14-18(13-15)30-11-10-26-16-6-8-25-9-7-16)27-31(28,29)20-5-3-2-4-19(20)21(22,23)24/h2-9,12-14,27H,10-11H2,1H3,(H,25,26). The van der Waals surface area contributed by atoms with Crippen LogP contribution in [0.15, 0.2) is 71.9 Å². The number of anilines is 2. The van der Waals surface area contributed by atoms with Gasteiger partial charge in [0.1, 0.15) is 12.4 Å². The second-order valence-electron chi connectivity index (χ2n) is 6.65. The van der Waals surface area contributed by atoms with E-state index in [-0.39, 0.29) is 12.3 Å². The zero-order valence-electron chi connectivity index (χ0n) is 16.5. The molecule has 1 heterocycles. The Hall–Kier alpha value is -3.27. The molecule has 0 saturated heterocycles. The first-order valence-electron chi connectivity index (χ1n) is 9.22. The topological polar surface area (TPSA) is 80.3 Å². The van der Waals surface area contributed by atoms with Crippen LogP contribution in [0.5, 0.6) is 5.75 Å². The van der Waals surface area contributed by atoms with E-state index < -0.39 is 26.7 Å². The van der Waals surface area contributed by atoms with E-state index in [0.29, 0.717) is 17.9 Å². The summed E-state index contributed by atoms with van der Waals surface area (Å²) < 4.78 is 72.8. The molecule has 0 atom stereocenters. The summed E-state index contributed by atoms with van der Waals surface area (Å²) in [6, 6.07) is 12.3. The van der Waals surface area contributed by atoms with Crippen LogP contribution in [-0.2, 0) is 16.2 Å². The van der Waals surface area contributed by atoms with Crippen LogP contribution in [0.25, 0.3) is 0 Å². The number of aryl methyl sites for hydroxylation is 1. The van der Waals surface area contributed by atoms with E-state index in [0.717, 1.165) is 23.9 Å². The molecule has 0 aliphatic rings. The number of benzene rings is 2. The normalized spacial score (nSPS) is 11.7. The van der Waals surface area contributed by atoms with Gasteiger partial charge in [-0.05, 0) is 48.9 Å². The summed E-state index contributed by atoms with van der Waals surface area (Å²) in [4.78, 5) is 3.08. The molecule has 1 aromatic heterocycles. The highest BCUT2D eigenvalue weighted by Crippen LogP contribution is 2.35. The fourth-order valence-electron chi connectivity index (χ4n) is 2.87. The molecule has 0 spiro atoms. The highest BCUT2D eigenvalue weighted by atomic mass is 32.2. The smallest absolute Gasteiger partial charge is 0.417 e.